The molecule has 1 heterocycles. The topological polar surface area (TPSA) is 121 Å². The summed E-state index contributed by atoms with van der Waals surface area (Å²) in [6, 6.07) is 13.3. The van der Waals surface area contributed by atoms with E-state index in [9.17, 15) is 24.0 Å². The van der Waals surface area contributed by atoms with E-state index in [-0.39, 0.29) is 36.8 Å². The molecule has 1 unspecified atom stereocenters. The summed E-state index contributed by atoms with van der Waals surface area (Å²) in [7, 11) is 0. The van der Waals surface area contributed by atoms with Crippen LogP contribution in [0.3, 0.4) is 0 Å². The molecule has 0 spiro atoms. The summed E-state index contributed by atoms with van der Waals surface area (Å²) in [6.07, 6.45) is 0.564. The van der Waals surface area contributed by atoms with Gasteiger partial charge < -0.3 is 15.2 Å². The quantitative estimate of drug-likeness (QED) is 0.445. The van der Waals surface area contributed by atoms with E-state index in [4.69, 9.17) is 5.11 Å². The Morgan fingerprint density at radius 2 is 1.55 bits per heavy atom. The zero-order valence-corrected chi connectivity index (χ0v) is 16.7. The summed E-state index contributed by atoms with van der Waals surface area (Å²) >= 11 is 0. The second kappa shape index (κ2) is 9.80. The van der Waals surface area contributed by atoms with Gasteiger partial charge in [0.25, 0.3) is 11.8 Å². The van der Waals surface area contributed by atoms with Gasteiger partial charge in [0.2, 0.25) is 5.91 Å². The van der Waals surface area contributed by atoms with Crippen LogP contribution in [0.5, 0.6) is 0 Å². The number of carboxylic acids is 1. The number of hydrogen-bond acceptors (Lipinski definition) is 5. The number of rotatable bonds is 10. The van der Waals surface area contributed by atoms with Crippen LogP contribution in [0.15, 0.2) is 54.6 Å². The van der Waals surface area contributed by atoms with Crippen molar-refractivity contribution >= 4 is 30.0 Å². The van der Waals surface area contributed by atoms with E-state index in [1.54, 1.807) is 36.4 Å². The van der Waals surface area contributed by atoms with Crippen molar-refractivity contribution in [1.82, 2.24) is 10.2 Å². The van der Waals surface area contributed by atoms with Crippen molar-refractivity contribution in [1.29, 1.82) is 0 Å². The van der Waals surface area contributed by atoms with Crippen molar-refractivity contribution in [3.63, 3.8) is 0 Å². The maximum Gasteiger partial charge on any atom is 0.305 e. The Hall–Kier alpha value is -3.81. The van der Waals surface area contributed by atoms with Gasteiger partial charge in [-0.25, -0.2) is 0 Å². The number of carbonyl (C=O) groups is 5. The zero-order chi connectivity index (χ0) is 22.4. The van der Waals surface area contributed by atoms with Gasteiger partial charge in [0.05, 0.1) is 17.5 Å². The Morgan fingerprint density at radius 3 is 2.10 bits per heavy atom. The summed E-state index contributed by atoms with van der Waals surface area (Å²) in [5, 5.41) is 11.7. The Bertz CT molecular complexity index is 969. The van der Waals surface area contributed by atoms with Gasteiger partial charge in [0.1, 0.15) is 12.3 Å². The lowest BCUT2D eigenvalue weighted by Gasteiger charge is -2.27. The number of aldehydes is 1. The highest BCUT2D eigenvalue weighted by molar-refractivity contribution is 6.22. The third-order valence-electron chi connectivity index (χ3n) is 5.11. The number of nitrogens with one attached hydrogen (secondary N) is 1. The number of hydrogen-bond donors (Lipinski definition) is 2. The normalized spacial score (nSPS) is 14.6. The number of amides is 3. The molecular formula is C23H22N2O6. The summed E-state index contributed by atoms with van der Waals surface area (Å²) in [4.78, 5) is 61.9. The maximum absolute atomic E-state index is 13.2. The summed E-state index contributed by atoms with van der Waals surface area (Å²) in [6.45, 7) is 0. The average molecular weight is 422 g/mol. The molecule has 1 aliphatic rings. The maximum atomic E-state index is 13.2. The minimum Gasteiger partial charge on any atom is -0.481 e. The van der Waals surface area contributed by atoms with E-state index < -0.39 is 35.8 Å². The van der Waals surface area contributed by atoms with Crippen LogP contribution in [0.1, 0.15) is 45.5 Å². The van der Waals surface area contributed by atoms with Crippen molar-refractivity contribution in [3.8, 4) is 0 Å². The molecule has 3 rings (SSSR count). The van der Waals surface area contributed by atoms with Crippen molar-refractivity contribution in [3.05, 3.63) is 71.3 Å². The molecule has 3 amide bonds. The summed E-state index contributed by atoms with van der Waals surface area (Å²) < 4.78 is 0. The molecule has 160 valence electrons. The van der Waals surface area contributed by atoms with Crippen molar-refractivity contribution in [2.75, 3.05) is 0 Å². The highest BCUT2D eigenvalue weighted by Crippen LogP contribution is 2.26. The smallest absolute Gasteiger partial charge is 0.305 e. The van der Waals surface area contributed by atoms with Gasteiger partial charge in [-0.1, -0.05) is 42.5 Å². The molecule has 0 aliphatic carbocycles. The van der Waals surface area contributed by atoms with Crippen molar-refractivity contribution in [2.24, 2.45) is 0 Å². The third kappa shape index (κ3) is 5.03. The van der Waals surface area contributed by atoms with Crippen molar-refractivity contribution in [2.45, 2.75) is 37.8 Å². The molecule has 0 radical (unpaired) electrons. The minimum atomic E-state index is -1.16. The second-order valence-electron chi connectivity index (χ2n) is 7.28. The minimum absolute atomic E-state index is 0.0750. The van der Waals surface area contributed by atoms with Crippen LogP contribution in [0.2, 0.25) is 0 Å². The van der Waals surface area contributed by atoms with E-state index in [2.05, 4.69) is 5.32 Å². The number of carbonyl (C=O) groups excluding carboxylic acids is 4. The first-order chi connectivity index (χ1) is 14.9. The molecule has 2 aromatic rings. The van der Waals surface area contributed by atoms with E-state index in [1.165, 1.54) is 12.1 Å². The Balaban J connectivity index is 1.90. The largest absolute Gasteiger partial charge is 0.481 e. The summed E-state index contributed by atoms with van der Waals surface area (Å²) in [5.74, 6) is -2.91. The molecule has 2 N–H and O–H groups in total. The predicted octanol–water partition coefficient (Wildman–Crippen LogP) is 1.83. The highest BCUT2D eigenvalue weighted by atomic mass is 16.4. The molecule has 0 saturated carbocycles. The van der Waals surface area contributed by atoms with Gasteiger partial charge in [-0.2, -0.15) is 0 Å². The third-order valence-corrected chi connectivity index (χ3v) is 5.11. The Kier molecular flexibility index (Phi) is 6.92. The van der Waals surface area contributed by atoms with Gasteiger partial charge in [-0.15, -0.1) is 0 Å². The van der Waals surface area contributed by atoms with E-state index in [1.807, 2.05) is 6.07 Å². The lowest BCUT2D eigenvalue weighted by atomic mass is 10.0. The zero-order valence-electron chi connectivity index (χ0n) is 16.7. The molecule has 8 heteroatoms. The lowest BCUT2D eigenvalue weighted by molar-refractivity contribution is -0.138. The van der Waals surface area contributed by atoms with E-state index in [0.29, 0.717) is 6.29 Å². The molecule has 2 aromatic carbocycles. The average Bonchev–Trinajstić information content (AvgIpc) is 3.01. The van der Waals surface area contributed by atoms with Gasteiger partial charge in [0, 0.05) is 18.9 Å². The number of fused-ring (bicyclic) bond motifs is 1. The first-order valence-electron chi connectivity index (χ1n) is 9.89. The fourth-order valence-electron chi connectivity index (χ4n) is 3.63. The van der Waals surface area contributed by atoms with E-state index in [0.717, 1.165) is 10.5 Å². The molecule has 0 saturated heterocycles. The first kappa shape index (κ1) is 21.9. The molecule has 0 aromatic heterocycles. The molecule has 0 fully saturated rings. The standard InChI is InChI=1S/C23H22N2O6/c26-12-6-9-16(14-20(27)28)24-21(29)19(13-15-7-2-1-3-8-15)25-22(30)17-10-4-5-11-18(17)23(25)31/h1-5,7-8,10-12,16,19H,6,9,13-14H2,(H,24,29)(H,27,28)/t16?,19-/m0/s1. The molecule has 8 nitrogen and oxygen atoms in total. The van der Waals surface area contributed by atoms with Crippen LogP contribution in [0.4, 0.5) is 0 Å². The Morgan fingerprint density at radius 1 is 0.968 bits per heavy atom. The number of benzene rings is 2. The fourth-order valence-corrected chi connectivity index (χ4v) is 3.63. The number of imide groups is 1. The van der Waals surface area contributed by atoms with Crippen molar-refractivity contribution < 1.29 is 29.1 Å². The number of carboxylic acid groups (broad SMARTS) is 1. The molecule has 2 atom stereocenters. The monoisotopic (exact) mass is 422 g/mol. The highest BCUT2D eigenvalue weighted by Gasteiger charge is 2.43. The molecule has 31 heavy (non-hydrogen) atoms. The van der Waals surface area contributed by atoms with Gasteiger partial charge in [-0.05, 0) is 24.1 Å². The van der Waals surface area contributed by atoms with Crippen LogP contribution in [-0.4, -0.2) is 52.1 Å². The molecular weight excluding hydrogens is 400 g/mol. The van der Waals surface area contributed by atoms with Crippen LogP contribution < -0.4 is 5.32 Å². The van der Waals surface area contributed by atoms with Gasteiger partial charge in [0.15, 0.2) is 0 Å². The first-order valence-corrected chi connectivity index (χ1v) is 9.89. The Labute approximate surface area is 178 Å². The van der Waals surface area contributed by atoms with Crippen LogP contribution in [0, 0.1) is 0 Å². The second-order valence-corrected chi connectivity index (χ2v) is 7.28. The molecule has 0 bridgehead atoms. The lowest BCUT2D eigenvalue weighted by Crippen LogP contribution is -2.53. The fraction of sp³-hybridized carbons (Fsp3) is 0.261. The van der Waals surface area contributed by atoms with E-state index >= 15 is 0 Å². The summed E-state index contributed by atoms with van der Waals surface area (Å²) in [5.41, 5.74) is 1.18. The van der Waals surface area contributed by atoms with Crippen LogP contribution in [-0.2, 0) is 20.8 Å². The SMILES string of the molecule is O=CCCC(CC(=O)O)NC(=O)[C@H](Cc1ccccc1)N1C(=O)c2ccccc2C1=O. The van der Waals surface area contributed by atoms with Crippen LogP contribution >= 0.6 is 0 Å². The number of aliphatic carboxylic acids is 1. The van der Waals surface area contributed by atoms with Gasteiger partial charge in [-0.3, -0.25) is 24.1 Å². The number of nitrogens with zero attached hydrogens (tertiary/aromatic N) is 1. The van der Waals surface area contributed by atoms with Gasteiger partial charge >= 0.3 is 5.97 Å². The predicted molar refractivity (Wildman–Crippen MR) is 110 cm³/mol. The van der Waals surface area contributed by atoms with Crippen LogP contribution in [0.25, 0.3) is 0 Å². The molecule has 1 aliphatic heterocycles.